The van der Waals surface area contributed by atoms with Gasteiger partial charge in [0.1, 0.15) is 11.5 Å². The van der Waals surface area contributed by atoms with Gasteiger partial charge in [0.25, 0.3) is 0 Å². The minimum Gasteiger partial charge on any atom is -0.497 e. The average Bonchev–Trinajstić information content (AvgIpc) is 2.52. The molecule has 0 aliphatic rings. The highest BCUT2D eigenvalue weighted by molar-refractivity contribution is 5.79. The second kappa shape index (κ2) is 9.92. The number of methoxy groups -OCH3 is 2. The molecular weight excluding hydrogens is 278 g/mol. The van der Waals surface area contributed by atoms with Crippen LogP contribution in [0.2, 0.25) is 0 Å². The smallest absolute Gasteiger partial charge is 0.191 e. The van der Waals surface area contributed by atoms with E-state index in [0.29, 0.717) is 5.92 Å². The standard InChI is InChI=1S/C17H29N3O2/c1-6-18-17(20-12-13(2)3)19-10-9-14-11-15(21-4)7-8-16(14)22-5/h7-8,11,13H,6,9-10,12H2,1-5H3,(H2,18,19,20). The maximum Gasteiger partial charge on any atom is 0.191 e. The van der Waals surface area contributed by atoms with Gasteiger partial charge < -0.3 is 20.1 Å². The van der Waals surface area contributed by atoms with Crippen LogP contribution >= 0.6 is 0 Å². The number of benzene rings is 1. The van der Waals surface area contributed by atoms with Crippen LogP contribution in [-0.4, -0.2) is 39.8 Å². The number of guanidine groups is 1. The van der Waals surface area contributed by atoms with Gasteiger partial charge in [-0.15, -0.1) is 0 Å². The van der Waals surface area contributed by atoms with E-state index in [2.05, 4.69) is 36.4 Å². The van der Waals surface area contributed by atoms with Crippen LogP contribution in [0.15, 0.2) is 23.2 Å². The van der Waals surface area contributed by atoms with Crippen LogP contribution in [0.1, 0.15) is 26.3 Å². The quantitative estimate of drug-likeness (QED) is 0.572. The number of aliphatic imine (C=N–C) groups is 1. The summed E-state index contributed by atoms with van der Waals surface area (Å²) in [5.74, 6) is 3.13. The summed E-state index contributed by atoms with van der Waals surface area (Å²) in [6, 6.07) is 5.86. The Labute approximate surface area is 134 Å². The highest BCUT2D eigenvalue weighted by atomic mass is 16.5. The molecule has 0 unspecified atom stereocenters. The number of nitrogens with zero attached hydrogens (tertiary/aromatic N) is 1. The van der Waals surface area contributed by atoms with Crippen LogP contribution in [-0.2, 0) is 6.42 Å². The summed E-state index contributed by atoms with van der Waals surface area (Å²) in [6.45, 7) is 8.84. The SMILES string of the molecule is CCNC(=NCC(C)C)NCCc1cc(OC)ccc1OC. The van der Waals surface area contributed by atoms with Gasteiger partial charge >= 0.3 is 0 Å². The lowest BCUT2D eigenvalue weighted by molar-refractivity contribution is 0.398. The van der Waals surface area contributed by atoms with Crippen molar-refractivity contribution in [1.29, 1.82) is 0 Å². The topological polar surface area (TPSA) is 54.9 Å². The van der Waals surface area contributed by atoms with Gasteiger partial charge in [0, 0.05) is 19.6 Å². The fourth-order valence-electron chi connectivity index (χ4n) is 2.01. The van der Waals surface area contributed by atoms with E-state index in [0.717, 1.165) is 49.1 Å². The Kier molecular flexibility index (Phi) is 8.18. The van der Waals surface area contributed by atoms with E-state index in [1.807, 2.05) is 18.2 Å². The van der Waals surface area contributed by atoms with Crippen molar-refractivity contribution in [3.8, 4) is 11.5 Å². The first-order valence-electron chi connectivity index (χ1n) is 7.83. The molecule has 0 fully saturated rings. The summed E-state index contributed by atoms with van der Waals surface area (Å²) in [4.78, 5) is 4.56. The molecule has 0 bridgehead atoms. The number of hydrogen-bond donors (Lipinski definition) is 2. The molecule has 5 nitrogen and oxygen atoms in total. The number of rotatable bonds is 8. The lowest BCUT2D eigenvalue weighted by Gasteiger charge is -2.14. The number of ether oxygens (including phenoxy) is 2. The van der Waals surface area contributed by atoms with Gasteiger partial charge in [0.15, 0.2) is 5.96 Å². The summed E-state index contributed by atoms with van der Waals surface area (Å²) < 4.78 is 10.7. The van der Waals surface area contributed by atoms with Crippen LogP contribution in [0.5, 0.6) is 11.5 Å². The van der Waals surface area contributed by atoms with Crippen LogP contribution < -0.4 is 20.1 Å². The molecule has 2 N–H and O–H groups in total. The second-order valence-corrected chi connectivity index (χ2v) is 5.47. The minimum absolute atomic E-state index is 0.550. The molecule has 0 aliphatic carbocycles. The zero-order valence-electron chi connectivity index (χ0n) is 14.4. The largest absolute Gasteiger partial charge is 0.497 e. The normalized spacial score (nSPS) is 11.5. The lowest BCUT2D eigenvalue weighted by atomic mass is 10.1. The first-order valence-corrected chi connectivity index (χ1v) is 7.83. The fraction of sp³-hybridized carbons (Fsp3) is 0.588. The summed E-state index contributed by atoms with van der Waals surface area (Å²) in [5.41, 5.74) is 1.12. The molecule has 1 aromatic rings. The number of nitrogens with one attached hydrogen (secondary N) is 2. The van der Waals surface area contributed by atoms with E-state index in [1.54, 1.807) is 14.2 Å². The van der Waals surface area contributed by atoms with E-state index in [4.69, 9.17) is 9.47 Å². The molecule has 0 spiro atoms. The minimum atomic E-state index is 0.550. The summed E-state index contributed by atoms with van der Waals surface area (Å²) in [7, 11) is 3.36. The van der Waals surface area contributed by atoms with Crippen molar-refractivity contribution < 1.29 is 9.47 Å². The molecule has 0 aliphatic heterocycles. The van der Waals surface area contributed by atoms with Gasteiger partial charge in [-0.05, 0) is 43.0 Å². The van der Waals surface area contributed by atoms with E-state index in [-0.39, 0.29) is 0 Å². The second-order valence-electron chi connectivity index (χ2n) is 5.47. The predicted molar refractivity (Wildman–Crippen MR) is 92.1 cm³/mol. The molecule has 0 amide bonds. The van der Waals surface area contributed by atoms with E-state index < -0.39 is 0 Å². The van der Waals surface area contributed by atoms with Crippen molar-refractivity contribution in [2.75, 3.05) is 33.9 Å². The molecule has 0 aromatic heterocycles. The summed E-state index contributed by atoms with van der Waals surface area (Å²) in [6.07, 6.45) is 0.840. The van der Waals surface area contributed by atoms with Crippen molar-refractivity contribution in [2.24, 2.45) is 10.9 Å². The third-order valence-electron chi connectivity index (χ3n) is 3.13. The van der Waals surface area contributed by atoms with Crippen molar-refractivity contribution in [3.05, 3.63) is 23.8 Å². The van der Waals surface area contributed by atoms with Gasteiger partial charge in [-0.3, -0.25) is 4.99 Å². The van der Waals surface area contributed by atoms with Crippen molar-refractivity contribution in [1.82, 2.24) is 10.6 Å². The zero-order chi connectivity index (χ0) is 16.4. The Hall–Kier alpha value is -1.91. The average molecular weight is 307 g/mol. The fourth-order valence-corrected chi connectivity index (χ4v) is 2.01. The Morgan fingerprint density at radius 3 is 2.55 bits per heavy atom. The Balaban J connectivity index is 2.62. The summed E-state index contributed by atoms with van der Waals surface area (Å²) in [5, 5.41) is 6.61. The molecule has 0 saturated heterocycles. The molecule has 5 heteroatoms. The van der Waals surface area contributed by atoms with Crippen molar-refractivity contribution in [3.63, 3.8) is 0 Å². The van der Waals surface area contributed by atoms with Gasteiger partial charge in [-0.2, -0.15) is 0 Å². The van der Waals surface area contributed by atoms with Gasteiger partial charge in [-0.1, -0.05) is 13.8 Å². The van der Waals surface area contributed by atoms with Gasteiger partial charge in [-0.25, -0.2) is 0 Å². The molecule has 0 atom stereocenters. The van der Waals surface area contributed by atoms with E-state index in [1.165, 1.54) is 0 Å². The monoisotopic (exact) mass is 307 g/mol. The van der Waals surface area contributed by atoms with Crippen LogP contribution in [0, 0.1) is 5.92 Å². The molecule has 0 radical (unpaired) electrons. The third kappa shape index (κ3) is 6.24. The number of hydrogen-bond acceptors (Lipinski definition) is 3. The van der Waals surface area contributed by atoms with Gasteiger partial charge in [0.05, 0.1) is 14.2 Å². The Morgan fingerprint density at radius 2 is 1.95 bits per heavy atom. The van der Waals surface area contributed by atoms with Crippen LogP contribution in [0.25, 0.3) is 0 Å². The van der Waals surface area contributed by atoms with Crippen LogP contribution in [0.4, 0.5) is 0 Å². The highest BCUT2D eigenvalue weighted by Gasteiger charge is 2.06. The lowest BCUT2D eigenvalue weighted by Crippen LogP contribution is -2.38. The maximum absolute atomic E-state index is 5.40. The van der Waals surface area contributed by atoms with Crippen molar-refractivity contribution >= 4 is 5.96 Å². The van der Waals surface area contributed by atoms with Gasteiger partial charge in [0.2, 0.25) is 0 Å². The first kappa shape index (κ1) is 18.1. The molecule has 124 valence electrons. The molecule has 1 rings (SSSR count). The maximum atomic E-state index is 5.40. The molecular formula is C17H29N3O2. The first-order chi connectivity index (χ1) is 10.6. The summed E-state index contributed by atoms with van der Waals surface area (Å²) >= 11 is 0. The molecule has 0 saturated carbocycles. The predicted octanol–water partition coefficient (Wildman–Crippen LogP) is 2.46. The van der Waals surface area contributed by atoms with Crippen LogP contribution in [0.3, 0.4) is 0 Å². The molecule has 22 heavy (non-hydrogen) atoms. The Bertz CT molecular complexity index is 473. The highest BCUT2D eigenvalue weighted by Crippen LogP contribution is 2.24. The van der Waals surface area contributed by atoms with E-state index in [9.17, 15) is 0 Å². The molecule has 0 heterocycles. The van der Waals surface area contributed by atoms with Crippen molar-refractivity contribution in [2.45, 2.75) is 27.2 Å². The van der Waals surface area contributed by atoms with E-state index >= 15 is 0 Å². The molecule has 1 aromatic carbocycles. The Morgan fingerprint density at radius 1 is 1.18 bits per heavy atom. The zero-order valence-corrected chi connectivity index (χ0v) is 14.4. The third-order valence-corrected chi connectivity index (χ3v) is 3.13.